The van der Waals surface area contributed by atoms with Gasteiger partial charge in [0.2, 0.25) is 0 Å². The van der Waals surface area contributed by atoms with Crippen molar-refractivity contribution in [2.24, 2.45) is 5.92 Å². The number of para-hydroxylation sites is 1. The summed E-state index contributed by atoms with van der Waals surface area (Å²) in [7, 11) is 0. The van der Waals surface area contributed by atoms with E-state index in [1.54, 1.807) is 0 Å². The van der Waals surface area contributed by atoms with Crippen LogP contribution >= 0.6 is 0 Å². The summed E-state index contributed by atoms with van der Waals surface area (Å²) < 4.78 is 11.7. The van der Waals surface area contributed by atoms with Gasteiger partial charge in [0.1, 0.15) is 11.5 Å². The van der Waals surface area contributed by atoms with E-state index < -0.39 is 6.04 Å². The molecule has 3 aromatic carbocycles. The second-order valence-corrected chi connectivity index (χ2v) is 9.34. The summed E-state index contributed by atoms with van der Waals surface area (Å²) in [6, 6.07) is 21.2. The topological polar surface area (TPSA) is 83.6 Å². The van der Waals surface area contributed by atoms with Gasteiger partial charge in [0.15, 0.2) is 0 Å². The molecule has 0 aliphatic heterocycles. The van der Waals surface area contributed by atoms with Crippen LogP contribution in [0.1, 0.15) is 35.7 Å². The van der Waals surface area contributed by atoms with E-state index in [4.69, 9.17) is 9.47 Å². The number of carbonyl (C=O) groups is 1. The number of rotatable bonds is 11. The van der Waals surface area contributed by atoms with E-state index in [2.05, 4.69) is 10.3 Å². The Morgan fingerprint density at radius 3 is 2.69 bits per heavy atom. The highest BCUT2D eigenvalue weighted by Gasteiger charge is 2.22. The molecule has 6 nitrogen and oxygen atoms in total. The van der Waals surface area contributed by atoms with Crippen LogP contribution in [0.5, 0.6) is 11.5 Å². The van der Waals surface area contributed by atoms with Gasteiger partial charge in [-0.25, -0.2) is 0 Å². The quantitative estimate of drug-likeness (QED) is 0.268. The lowest BCUT2D eigenvalue weighted by Gasteiger charge is -2.18. The number of H-pyrrole nitrogens is 1. The summed E-state index contributed by atoms with van der Waals surface area (Å²) in [5, 5.41) is 14.1. The minimum Gasteiger partial charge on any atom is -0.493 e. The molecule has 1 aliphatic carbocycles. The van der Waals surface area contributed by atoms with Crippen molar-refractivity contribution >= 4 is 16.8 Å². The van der Waals surface area contributed by atoms with Crippen molar-refractivity contribution in [2.75, 3.05) is 19.8 Å². The minimum absolute atomic E-state index is 0.171. The number of hydrogen-bond acceptors (Lipinski definition) is 4. The lowest BCUT2D eigenvalue weighted by molar-refractivity contribution is 0.0913. The van der Waals surface area contributed by atoms with E-state index >= 15 is 0 Å². The Kier molecular flexibility index (Phi) is 7.23. The molecule has 0 bridgehead atoms. The van der Waals surface area contributed by atoms with Crippen molar-refractivity contribution in [2.45, 2.75) is 32.2 Å². The average molecular weight is 485 g/mol. The minimum atomic E-state index is -0.436. The number of carbonyl (C=O) groups excluding carboxylic acids is 1. The van der Waals surface area contributed by atoms with Gasteiger partial charge in [-0.1, -0.05) is 36.4 Å². The predicted octanol–water partition coefficient (Wildman–Crippen LogP) is 5.36. The Morgan fingerprint density at radius 1 is 1.06 bits per heavy atom. The van der Waals surface area contributed by atoms with Gasteiger partial charge in [0.05, 0.1) is 31.4 Å². The van der Waals surface area contributed by atoms with E-state index in [1.165, 1.54) is 12.8 Å². The summed E-state index contributed by atoms with van der Waals surface area (Å²) >= 11 is 0. The molecule has 1 fully saturated rings. The maximum atomic E-state index is 13.4. The van der Waals surface area contributed by atoms with Gasteiger partial charge in [0.25, 0.3) is 5.91 Å². The molecule has 5 rings (SSSR count). The molecule has 1 heterocycles. The molecular weight excluding hydrogens is 452 g/mol. The maximum Gasteiger partial charge on any atom is 0.255 e. The monoisotopic (exact) mass is 484 g/mol. The standard InChI is InChI=1S/C30H32N2O4/c1-2-35-29-13-12-22(21-6-5-7-25(15-21)36-19-20-10-11-20)16-27(29)30(34)32-24(18-33)14-23-17-31-28-9-4-3-8-26(23)28/h3-9,12-13,15-17,20,24,31,33H,2,10-11,14,18-19H2,1H3,(H,32,34)/t24-/m1/s1. The van der Waals surface area contributed by atoms with Crippen molar-refractivity contribution in [3.63, 3.8) is 0 Å². The molecular formula is C30H32N2O4. The summed E-state index contributed by atoms with van der Waals surface area (Å²) in [5.41, 5.74) is 4.39. The number of benzene rings is 3. The number of amides is 1. The first-order valence-electron chi connectivity index (χ1n) is 12.6. The molecule has 0 spiro atoms. The van der Waals surface area contributed by atoms with E-state index in [0.29, 0.717) is 30.3 Å². The second-order valence-electron chi connectivity index (χ2n) is 9.34. The number of aliphatic hydroxyl groups is 1. The van der Waals surface area contributed by atoms with Crippen LogP contribution in [0.3, 0.4) is 0 Å². The molecule has 3 N–H and O–H groups in total. The Hall–Kier alpha value is -3.77. The molecule has 4 aromatic rings. The number of fused-ring (bicyclic) bond motifs is 1. The number of aliphatic hydroxyl groups excluding tert-OH is 1. The van der Waals surface area contributed by atoms with Gasteiger partial charge >= 0.3 is 0 Å². The molecule has 0 unspecified atom stereocenters. The summed E-state index contributed by atoms with van der Waals surface area (Å²) in [6.45, 7) is 2.92. The van der Waals surface area contributed by atoms with Crippen molar-refractivity contribution in [3.8, 4) is 22.6 Å². The Morgan fingerprint density at radius 2 is 1.89 bits per heavy atom. The molecule has 1 aliphatic rings. The fourth-order valence-corrected chi connectivity index (χ4v) is 4.42. The van der Waals surface area contributed by atoms with Gasteiger partial charge in [-0.05, 0) is 79.1 Å². The van der Waals surface area contributed by atoms with Crippen LogP contribution in [0.25, 0.3) is 22.0 Å². The third-order valence-electron chi connectivity index (χ3n) is 6.57. The van der Waals surface area contributed by atoms with Crippen LogP contribution in [0.2, 0.25) is 0 Å². The largest absolute Gasteiger partial charge is 0.493 e. The van der Waals surface area contributed by atoms with Crippen LogP contribution in [0.4, 0.5) is 0 Å². The van der Waals surface area contributed by atoms with Crippen molar-refractivity contribution in [3.05, 3.63) is 84.1 Å². The lowest BCUT2D eigenvalue weighted by Crippen LogP contribution is -2.39. The highest BCUT2D eigenvalue weighted by molar-refractivity contribution is 5.98. The van der Waals surface area contributed by atoms with Gasteiger partial charge in [-0.15, -0.1) is 0 Å². The number of aromatic nitrogens is 1. The molecule has 1 amide bonds. The fraction of sp³-hybridized carbons (Fsp3) is 0.300. The first-order valence-corrected chi connectivity index (χ1v) is 12.6. The number of hydrogen-bond donors (Lipinski definition) is 3. The second kappa shape index (κ2) is 10.9. The fourth-order valence-electron chi connectivity index (χ4n) is 4.42. The van der Waals surface area contributed by atoms with Crippen LogP contribution in [0, 0.1) is 5.92 Å². The Bertz CT molecular complexity index is 1340. The van der Waals surface area contributed by atoms with Crippen molar-refractivity contribution < 1.29 is 19.4 Å². The van der Waals surface area contributed by atoms with E-state index in [-0.39, 0.29) is 12.5 Å². The summed E-state index contributed by atoms with van der Waals surface area (Å²) in [5.74, 6) is 1.75. The normalized spacial score (nSPS) is 13.9. The molecule has 1 atom stereocenters. The zero-order valence-corrected chi connectivity index (χ0v) is 20.5. The molecule has 186 valence electrons. The summed E-state index contributed by atoms with van der Waals surface area (Å²) in [6.07, 6.45) is 4.93. The smallest absolute Gasteiger partial charge is 0.255 e. The summed E-state index contributed by atoms with van der Waals surface area (Å²) in [4.78, 5) is 16.7. The Balaban J connectivity index is 1.36. The maximum absolute atomic E-state index is 13.4. The molecule has 0 saturated heterocycles. The van der Waals surface area contributed by atoms with E-state index in [9.17, 15) is 9.90 Å². The van der Waals surface area contributed by atoms with Crippen LogP contribution in [0.15, 0.2) is 72.9 Å². The molecule has 1 aromatic heterocycles. The third-order valence-corrected chi connectivity index (χ3v) is 6.57. The first-order chi connectivity index (χ1) is 17.6. The molecule has 36 heavy (non-hydrogen) atoms. The number of ether oxygens (including phenoxy) is 2. The SMILES string of the molecule is CCOc1ccc(-c2cccc(OCC3CC3)c2)cc1C(=O)N[C@@H](CO)Cc1c[nH]c2ccccc12. The van der Waals surface area contributed by atoms with Gasteiger partial charge in [-0.2, -0.15) is 0 Å². The van der Waals surface area contributed by atoms with Crippen molar-refractivity contribution in [1.82, 2.24) is 10.3 Å². The number of aromatic amines is 1. The molecule has 0 radical (unpaired) electrons. The van der Waals surface area contributed by atoms with E-state index in [0.717, 1.165) is 39.9 Å². The highest BCUT2D eigenvalue weighted by atomic mass is 16.5. The highest BCUT2D eigenvalue weighted by Crippen LogP contribution is 2.32. The van der Waals surface area contributed by atoms with Gasteiger partial charge < -0.3 is 24.9 Å². The Labute approximate surface area is 211 Å². The third kappa shape index (κ3) is 5.55. The van der Waals surface area contributed by atoms with Crippen molar-refractivity contribution in [1.29, 1.82) is 0 Å². The first kappa shape index (κ1) is 23.9. The molecule has 6 heteroatoms. The van der Waals surface area contributed by atoms with Gasteiger partial charge in [0, 0.05) is 17.1 Å². The molecule has 1 saturated carbocycles. The average Bonchev–Trinajstić information content (AvgIpc) is 3.66. The lowest BCUT2D eigenvalue weighted by atomic mass is 10.0. The van der Waals surface area contributed by atoms with Crippen LogP contribution in [-0.4, -0.2) is 41.9 Å². The van der Waals surface area contributed by atoms with E-state index in [1.807, 2.05) is 79.9 Å². The predicted molar refractivity (Wildman–Crippen MR) is 142 cm³/mol. The van der Waals surface area contributed by atoms with Gasteiger partial charge in [-0.3, -0.25) is 4.79 Å². The zero-order valence-electron chi connectivity index (χ0n) is 20.5. The zero-order chi connectivity index (χ0) is 24.9. The van der Waals surface area contributed by atoms with Crippen LogP contribution in [-0.2, 0) is 6.42 Å². The number of nitrogens with one attached hydrogen (secondary N) is 2. The van der Waals surface area contributed by atoms with Crippen LogP contribution < -0.4 is 14.8 Å².